The van der Waals surface area contributed by atoms with E-state index in [1.54, 1.807) is 24.3 Å². The van der Waals surface area contributed by atoms with Gasteiger partial charge in [-0.3, -0.25) is 0 Å². The Morgan fingerprint density at radius 1 is 0.246 bits per heavy atom. The van der Waals surface area contributed by atoms with Gasteiger partial charge in [-0.2, -0.15) is 0 Å². The van der Waals surface area contributed by atoms with Gasteiger partial charge in [0.2, 0.25) is 0 Å². The zero-order chi connectivity index (χ0) is 50.1. The molecule has 0 spiro atoms. The first-order valence-electron chi connectivity index (χ1n) is 25.8. The van der Waals surface area contributed by atoms with Gasteiger partial charge >= 0.3 is 0 Å². The quantitative estimate of drug-likeness (QED) is 0.138. The van der Waals surface area contributed by atoms with Crippen LogP contribution in [0.15, 0.2) is 261 Å². The van der Waals surface area contributed by atoms with Crippen LogP contribution in [-0.4, -0.2) is 0 Å². The van der Waals surface area contributed by atoms with Crippen molar-refractivity contribution in [2.24, 2.45) is 0 Å². The molecule has 65 heavy (non-hydrogen) atoms. The Labute approximate surface area is 391 Å². The summed E-state index contributed by atoms with van der Waals surface area (Å²) in [4.78, 5) is 1.38. The van der Waals surface area contributed by atoms with Crippen LogP contribution in [0.25, 0.3) is 98.7 Å². The van der Waals surface area contributed by atoms with Crippen LogP contribution in [0.2, 0.25) is 0 Å². The highest BCUT2D eigenvalue weighted by Gasteiger charge is 2.17. The highest BCUT2D eigenvalue weighted by atomic mass is 15.1. The molecule has 1 nitrogen and oxygen atoms in total. The van der Waals surface area contributed by atoms with Crippen LogP contribution in [0, 0.1) is 0 Å². The Kier molecular flexibility index (Phi) is 7.66. The normalized spacial score (nSPS) is 13.1. The van der Waals surface area contributed by atoms with Gasteiger partial charge in [0.25, 0.3) is 0 Å². The summed E-state index contributed by atoms with van der Waals surface area (Å²) in [7, 11) is 0. The van der Waals surface area contributed by atoms with Crippen LogP contribution in [-0.2, 0) is 0 Å². The van der Waals surface area contributed by atoms with Crippen LogP contribution in [0.5, 0.6) is 0 Å². The van der Waals surface area contributed by atoms with Crippen molar-refractivity contribution < 1.29 is 11.0 Å². The molecule has 0 aliphatic rings. The fourth-order valence-corrected chi connectivity index (χ4v) is 9.16. The van der Waals surface area contributed by atoms with E-state index in [1.807, 2.05) is 121 Å². The first kappa shape index (κ1) is 30.5. The van der Waals surface area contributed by atoms with Gasteiger partial charge in [-0.1, -0.05) is 212 Å². The predicted molar refractivity (Wildman–Crippen MR) is 278 cm³/mol. The number of anilines is 3. The summed E-state index contributed by atoms with van der Waals surface area (Å²) < 4.78 is 77.7. The minimum absolute atomic E-state index is 0.0987. The van der Waals surface area contributed by atoms with Gasteiger partial charge in [0.05, 0.1) is 11.0 Å². The maximum absolute atomic E-state index is 9.83. The molecule has 0 heterocycles. The third-order valence-electron chi connectivity index (χ3n) is 12.4. The van der Waals surface area contributed by atoms with E-state index in [1.165, 1.54) is 4.90 Å². The standard InChI is InChI=1S/C64H43N/c1-2-13-48(14-3-1)60-41-34-49-15-6-9-19-59(49)64(60)51-32-39-57(40-33-51)65(56-37-30-50(31-38-56)63-43-54-17-7-8-18-58(54)61-20-10-11-21-62(61)63)55-35-28-46(29-36-55)45-22-24-47(25-23-45)53-27-26-44-12-4-5-16-52(44)42-53/h1-43H/i28D,29D,30D,31D,35D,36D,37D,38D. The van der Waals surface area contributed by atoms with E-state index >= 15 is 0 Å². The van der Waals surface area contributed by atoms with E-state index in [0.717, 1.165) is 76.5 Å². The van der Waals surface area contributed by atoms with Crippen molar-refractivity contribution >= 4 is 60.2 Å². The van der Waals surface area contributed by atoms with Crippen LogP contribution >= 0.6 is 0 Å². The molecule has 0 N–H and O–H groups in total. The summed E-state index contributed by atoms with van der Waals surface area (Å²) in [5.41, 5.74) is 6.97. The van der Waals surface area contributed by atoms with Gasteiger partial charge in [-0.15, -0.1) is 0 Å². The van der Waals surface area contributed by atoms with E-state index in [-0.39, 0.29) is 46.7 Å². The molecule has 304 valence electrons. The fourth-order valence-electron chi connectivity index (χ4n) is 9.16. The Bertz CT molecular complexity index is 4120. The van der Waals surface area contributed by atoms with Crippen molar-refractivity contribution in [2.45, 2.75) is 0 Å². The third kappa shape index (κ3) is 7.10. The summed E-state index contributed by atoms with van der Waals surface area (Å²) in [5.74, 6) is 0. The minimum atomic E-state index is -0.402. The molecule has 0 amide bonds. The predicted octanol–water partition coefficient (Wildman–Crippen LogP) is 18.1. The molecule has 0 aromatic heterocycles. The van der Waals surface area contributed by atoms with Crippen LogP contribution in [0.3, 0.4) is 0 Å². The summed E-state index contributed by atoms with van der Waals surface area (Å²) in [6.07, 6.45) is 0. The second-order valence-corrected chi connectivity index (χ2v) is 16.2. The Morgan fingerprint density at radius 3 is 1.46 bits per heavy atom. The summed E-state index contributed by atoms with van der Waals surface area (Å²) in [6.45, 7) is 0. The maximum Gasteiger partial charge on any atom is 0.0645 e. The first-order valence-corrected chi connectivity index (χ1v) is 21.8. The molecular weight excluding hydrogens is 783 g/mol. The lowest BCUT2D eigenvalue weighted by Gasteiger charge is -2.26. The van der Waals surface area contributed by atoms with Gasteiger partial charge in [-0.25, -0.2) is 0 Å². The Hall–Kier alpha value is -8.52. The van der Waals surface area contributed by atoms with Gasteiger partial charge in [0.15, 0.2) is 0 Å². The van der Waals surface area contributed by atoms with Crippen molar-refractivity contribution in [3.8, 4) is 55.6 Å². The number of hydrogen-bond acceptors (Lipinski definition) is 1. The zero-order valence-electron chi connectivity index (χ0n) is 43.2. The highest BCUT2D eigenvalue weighted by Crippen LogP contribution is 2.43. The topological polar surface area (TPSA) is 3.24 Å². The van der Waals surface area contributed by atoms with Crippen LogP contribution < -0.4 is 4.90 Å². The molecule has 0 bridgehead atoms. The lowest BCUT2D eigenvalue weighted by atomic mass is 9.89. The number of fused-ring (bicyclic) bond motifs is 5. The van der Waals surface area contributed by atoms with E-state index in [9.17, 15) is 11.0 Å². The monoisotopic (exact) mass is 833 g/mol. The molecule has 0 saturated carbocycles. The zero-order valence-corrected chi connectivity index (χ0v) is 35.2. The lowest BCUT2D eigenvalue weighted by Crippen LogP contribution is -2.09. The van der Waals surface area contributed by atoms with Gasteiger partial charge in [-0.05, 0) is 147 Å². The minimum Gasteiger partial charge on any atom is -0.311 e. The summed E-state index contributed by atoms with van der Waals surface area (Å²) in [5, 5.41) is 7.87. The third-order valence-corrected chi connectivity index (χ3v) is 12.4. The molecule has 0 atom stereocenters. The molecule has 12 rings (SSSR count). The molecule has 12 aromatic rings. The maximum atomic E-state index is 9.83. The second-order valence-electron chi connectivity index (χ2n) is 16.2. The van der Waals surface area contributed by atoms with Gasteiger partial charge in [0, 0.05) is 17.1 Å². The second kappa shape index (κ2) is 16.3. The molecule has 1 heteroatoms. The van der Waals surface area contributed by atoms with Crippen molar-refractivity contribution in [3.05, 3.63) is 261 Å². The van der Waals surface area contributed by atoms with Gasteiger partial charge < -0.3 is 4.90 Å². The van der Waals surface area contributed by atoms with E-state index in [2.05, 4.69) is 66.7 Å². The van der Waals surface area contributed by atoms with Crippen molar-refractivity contribution in [1.29, 1.82) is 0 Å². The number of hydrogen-bond donors (Lipinski definition) is 0. The summed E-state index contributed by atoms with van der Waals surface area (Å²) >= 11 is 0. The Morgan fingerprint density at radius 2 is 0.754 bits per heavy atom. The van der Waals surface area contributed by atoms with Crippen molar-refractivity contribution in [1.82, 2.24) is 0 Å². The number of rotatable bonds is 8. The van der Waals surface area contributed by atoms with Crippen LogP contribution in [0.4, 0.5) is 17.1 Å². The van der Waals surface area contributed by atoms with Gasteiger partial charge in [0.1, 0.15) is 0 Å². The Balaban J connectivity index is 1.05. The molecule has 0 saturated heterocycles. The largest absolute Gasteiger partial charge is 0.311 e. The molecular formula is C64H43N. The van der Waals surface area contributed by atoms with E-state index in [4.69, 9.17) is 0 Å². The molecule has 0 aliphatic heterocycles. The van der Waals surface area contributed by atoms with E-state index in [0.29, 0.717) is 16.8 Å². The fraction of sp³-hybridized carbons (Fsp3) is 0. The van der Waals surface area contributed by atoms with Crippen molar-refractivity contribution in [3.63, 3.8) is 0 Å². The smallest absolute Gasteiger partial charge is 0.0645 e. The van der Waals surface area contributed by atoms with Crippen molar-refractivity contribution in [2.75, 3.05) is 4.90 Å². The lowest BCUT2D eigenvalue weighted by molar-refractivity contribution is 1.28. The number of benzene rings is 12. The SMILES string of the molecule is [2H]c1c([2H])c(N(c2ccc(-c3c(-c4ccccc4)ccc4ccccc34)cc2)c2c([2H])c([2H])c(-c3cc4ccccc4c4ccccc34)c([2H])c2[2H])c([2H])c([2H])c1-c1ccc(-c2ccc3ccccc3c2)cc1. The highest BCUT2D eigenvalue weighted by molar-refractivity contribution is 6.14. The van der Waals surface area contributed by atoms with Crippen LogP contribution in [0.1, 0.15) is 11.0 Å². The summed E-state index contributed by atoms with van der Waals surface area (Å²) in [6, 6.07) is 66.4. The molecule has 0 unspecified atom stereocenters. The molecule has 0 radical (unpaired) electrons. The first-order chi connectivity index (χ1) is 35.6. The average Bonchev–Trinajstić information content (AvgIpc) is 3.44. The average molecular weight is 834 g/mol. The van der Waals surface area contributed by atoms with E-state index < -0.39 is 24.2 Å². The number of nitrogens with zero attached hydrogens (tertiary/aromatic N) is 1. The molecule has 12 aromatic carbocycles. The molecule has 0 fully saturated rings. The molecule has 0 aliphatic carbocycles.